The molecule has 2 N–H and O–H groups in total. The van der Waals surface area contributed by atoms with Crippen LogP contribution in [0.3, 0.4) is 0 Å². The van der Waals surface area contributed by atoms with E-state index < -0.39 is 41.1 Å². The number of hydrogen-bond donors (Lipinski definition) is 2. The van der Waals surface area contributed by atoms with Crippen LogP contribution in [-0.4, -0.2) is 39.4 Å². The highest BCUT2D eigenvalue weighted by Gasteiger charge is 2.40. The molecule has 1 aliphatic rings. The zero-order chi connectivity index (χ0) is 17.4. The molecule has 1 aromatic heterocycles. The summed E-state index contributed by atoms with van der Waals surface area (Å²) in [6, 6.07) is 0. The van der Waals surface area contributed by atoms with Crippen molar-refractivity contribution in [1.82, 2.24) is 9.55 Å². The van der Waals surface area contributed by atoms with E-state index in [1.165, 1.54) is 10.8 Å². The van der Waals surface area contributed by atoms with E-state index >= 15 is 0 Å². The molecule has 128 valence electrons. The molecule has 0 amide bonds. The largest absolute Gasteiger partial charge is 0.459 e. The van der Waals surface area contributed by atoms with Crippen LogP contribution in [0, 0.1) is 8.99 Å². The summed E-state index contributed by atoms with van der Waals surface area (Å²) in [6.45, 7) is 4.84. The Bertz CT molecular complexity index is 704. The fourth-order valence-electron chi connectivity index (χ4n) is 2.15. The van der Waals surface area contributed by atoms with E-state index in [0.717, 1.165) is 0 Å². The summed E-state index contributed by atoms with van der Waals surface area (Å²) in [4.78, 5) is 37.5. The molecule has 1 aliphatic heterocycles. The van der Waals surface area contributed by atoms with E-state index in [-0.39, 0.29) is 13.0 Å². The Morgan fingerprint density at radius 1 is 1.52 bits per heavy atom. The zero-order valence-electron chi connectivity index (χ0n) is 13.0. The SMILES string of the molecule is CC(C)(C)C(=O)O[C@H]1C[C@H](n2cc(I)c(=O)[nH]c2=O)O[C@@H]1CO. The highest BCUT2D eigenvalue weighted by molar-refractivity contribution is 14.1. The van der Waals surface area contributed by atoms with Gasteiger partial charge in [0.2, 0.25) is 0 Å². The summed E-state index contributed by atoms with van der Waals surface area (Å²) in [5, 5.41) is 9.42. The number of aromatic nitrogens is 2. The number of rotatable bonds is 3. The Labute approximate surface area is 145 Å². The summed E-state index contributed by atoms with van der Waals surface area (Å²) in [5.41, 5.74) is -1.76. The van der Waals surface area contributed by atoms with E-state index in [2.05, 4.69) is 4.98 Å². The van der Waals surface area contributed by atoms with Gasteiger partial charge < -0.3 is 14.6 Å². The van der Waals surface area contributed by atoms with E-state index in [1.807, 2.05) is 22.6 Å². The van der Waals surface area contributed by atoms with Crippen molar-refractivity contribution in [2.24, 2.45) is 5.41 Å². The summed E-state index contributed by atoms with van der Waals surface area (Å²) >= 11 is 1.81. The van der Waals surface area contributed by atoms with Gasteiger partial charge in [-0.2, -0.15) is 0 Å². The lowest BCUT2D eigenvalue weighted by Crippen LogP contribution is -2.34. The minimum atomic E-state index is -0.720. The van der Waals surface area contributed by atoms with Gasteiger partial charge in [-0.3, -0.25) is 19.1 Å². The third-order valence-corrected chi connectivity index (χ3v) is 4.23. The van der Waals surface area contributed by atoms with Crippen LogP contribution in [0.15, 0.2) is 15.8 Å². The highest BCUT2D eigenvalue weighted by atomic mass is 127. The number of carbonyl (C=O) groups excluding carboxylic acids is 1. The number of aromatic amines is 1. The molecule has 0 unspecified atom stereocenters. The molecule has 1 saturated heterocycles. The second-order valence-corrected chi connectivity index (χ2v) is 7.55. The van der Waals surface area contributed by atoms with Gasteiger partial charge in [-0.25, -0.2) is 4.79 Å². The molecule has 0 radical (unpaired) electrons. The maximum Gasteiger partial charge on any atom is 0.330 e. The number of ether oxygens (including phenoxy) is 2. The van der Waals surface area contributed by atoms with Crippen molar-refractivity contribution in [2.45, 2.75) is 45.6 Å². The van der Waals surface area contributed by atoms with Crippen molar-refractivity contribution in [1.29, 1.82) is 0 Å². The quantitative estimate of drug-likeness (QED) is 0.522. The lowest BCUT2D eigenvalue weighted by molar-refractivity contribution is -0.162. The maximum absolute atomic E-state index is 12.0. The first-order chi connectivity index (χ1) is 10.6. The lowest BCUT2D eigenvalue weighted by atomic mass is 9.97. The van der Waals surface area contributed by atoms with Gasteiger partial charge in [-0.15, -0.1) is 0 Å². The van der Waals surface area contributed by atoms with Crippen molar-refractivity contribution in [2.75, 3.05) is 6.61 Å². The molecule has 0 aromatic carbocycles. The summed E-state index contributed by atoms with van der Waals surface area (Å²) in [5.74, 6) is -0.409. The molecular weight excluding hydrogens is 419 g/mol. The molecule has 0 spiro atoms. The Morgan fingerprint density at radius 3 is 2.74 bits per heavy atom. The number of esters is 1. The predicted octanol–water partition coefficient (Wildman–Crippen LogP) is 0.379. The van der Waals surface area contributed by atoms with Crippen molar-refractivity contribution in [3.63, 3.8) is 0 Å². The van der Waals surface area contributed by atoms with E-state index in [9.17, 15) is 19.5 Å². The molecule has 23 heavy (non-hydrogen) atoms. The first-order valence-electron chi connectivity index (χ1n) is 7.12. The first-order valence-corrected chi connectivity index (χ1v) is 8.19. The van der Waals surface area contributed by atoms with Crippen LogP contribution >= 0.6 is 22.6 Å². The number of halogens is 1. The molecule has 1 aromatic rings. The number of H-pyrrole nitrogens is 1. The molecule has 0 saturated carbocycles. The monoisotopic (exact) mass is 438 g/mol. The fraction of sp³-hybridized carbons (Fsp3) is 0.643. The van der Waals surface area contributed by atoms with Gasteiger partial charge in [-0.05, 0) is 43.4 Å². The third kappa shape index (κ3) is 4.01. The molecule has 2 heterocycles. The minimum absolute atomic E-state index is 0.217. The van der Waals surface area contributed by atoms with Crippen LogP contribution in [0.5, 0.6) is 0 Å². The molecular formula is C14H19IN2O6. The summed E-state index contributed by atoms with van der Waals surface area (Å²) in [6.07, 6.45) is -0.497. The van der Waals surface area contributed by atoms with E-state index in [0.29, 0.717) is 3.57 Å². The number of carbonyl (C=O) groups is 1. The minimum Gasteiger partial charge on any atom is -0.459 e. The molecule has 0 aliphatic carbocycles. The number of hydrogen-bond acceptors (Lipinski definition) is 6. The van der Waals surface area contributed by atoms with Gasteiger partial charge in [-0.1, -0.05) is 0 Å². The molecule has 3 atom stereocenters. The molecule has 9 heteroatoms. The second kappa shape index (κ2) is 6.73. The van der Waals surface area contributed by atoms with E-state index in [1.54, 1.807) is 20.8 Å². The topological polar surface area (TPSA) is 111 Å². The molecule has 0 bridgehead atoms. The van der Waals surface area contributed by atoms with Gasteiger partial charge in [0.05, 0.1) is 15.6 Å². The Balaban J connectivity index is 2.22. The van der Waals surface area contributed by atoms with Crippen molar-refractivity contribution >= 4 is 28.6 Å². The van der Waals surface area contributed by atoms with Crippen LogP contribution in [-0.2, 0) is 14.3 Å². The second-order valence-electron chi connectivity index (χ2n) is 6.38. The predicted molar refractivity (Wildman–Crippen MR) is 89.0 cm³/mol. The first kappa shape index (κ1) is 18.1. The summed E-state index contributed by atoms with van der Waals surface area (Å²) < 4.78 is 12.6. The van der Waals surface area contributed by atoms with Crippen molar-refractivity contribution in [3.8, 4) is 0 Å². The number of nitrogens with one attached hydrogen (secondary N) is 1. The Morgan fingerprint density at radius 2 is 2.17 bits per heavy atom. The van der Waals surface area contributed by atoms with Gasteiger partial charge in [0.1, 0.15) is 18.4 Å². The van der Waals surface area contributed by atoms with Gasteiger partial charge in [0, 0.05) is 12.6 Å². The molecule has 2 rings (SSSR count). The van der Waals surface area contributed by atoms with Gasteiger partial charge in [0.25, 0.3) is 5.56 Å². The number of aliphatic hydroxyl groups excluding tert-OH is 1. The number of aliphatic hydroxyl groups is 1. The van der Waals surface area contributed by atoms with Crippen LogP contribution < -0.4 is 11.2 Å². The van der Waals surface area contributed by atoms with Crippen molar-refractivity contribution in [3.05, 3.63) is 30.6 Å². The Hall–Kier alpha value is -1.20. The molecule has 8 nitrogen and oxygen atoms in total. The van der Waals surface area contributed by atoms with Crippen LogP contribution in [0.2, 0.25) is 0 Å². The highest BCUT2D eigenvalue weighted by Crippen LogP contribution is 2.31. The average Bonchev–Trinajstić information content (AvgIpc) is 2.84. The fourth-order valence-corrected chi connectivity index (χ4v) is 2.58. The van der Waals surface area contributed by atoms with Crippen molar-refractivity contribution < 1.29 is 19.4 Å². The van der Waals surface area contributed by atoms with E-state index in [4.69, 9.17) is 9.47 Å². The molecule has 1 fully saturated rings. The summed E-state index contributed by atoms with van der Waals surface area (Å²) in [7, 11) is 0. The smallest absolute Gasteiger partial charge is 0.330 e. The lowest BCUT2D eigenvalue weighted by Gasteiger charge is -2.22. The zero-order valence-corrected chi connectivity index (χ0v) is 15.2. The van der Waals surface area contributed by atoms with Gasteiger partial charge in [0.15, 0.2) is 0 Å². The van der Waals surface area contributed by atoms with Gasteiger partial charge >= 0.3 is 11.7 Å². The maximum atomic E-state index is 12.0. The van der Waals surface area contributed by atoms with Crippen LogP contribution in [0.25, 0.3) is 0 Å². The van der Waals surface area contributed by atoms with Crippen LogP contribution in [0.1, 0.15) is 33.4 Å². The van der Waals surface area contributed by atoms with Crippen LogP contribution in [0.4, 0.5) is 0 Å². The average molecular weight is 438 g/mol. The normalized spacial score (nSPS) is 24.7. The third-order valence-electron chi connectivity index (χ3n) is 3.47. The number of nitrogens with zero attached hydrogens (tertiary/aromatic N) is 1. The Kier molecular flexibility index (Phi) is 5.31. The standard InChI is InChI=1S/C14H19IN2O6/c1-14(2,3)12(20)23-8-4-10(22-9(8)6-18)17-5-7(15)11(19)16-13(17)21/h5,8-10,18H,4,6H2,1-3H3,(H,16,19,21)/t8-,9+,10+/m0/s1.